The third kappa shape index (κ3) is 2.64. The highest BCUT2D eigenvalue weighted by Gasteiger charge is 2.40. The Hall–Kier alpha value is -2.13. The number of aryl methyl sites for hydroxylation is 1. The molecule has 0 aliphatic heterocycles. The average molecular weight is 315 g/mol. The third-order valence-corrected chi connectivity index (χ3v) is 4.23. The van der Waals surface area contributed by atoms with E-state index < -0.39 is 11.6 Å². The van der Waals surface area contributed by atoms with E-state index in [4.69, 9.17) is 16.3 Å². The molecule has 2 aromatic rings. The van der Waals surface area contributed by atoms with Gasteiger partial charge in [-0.05, 0) is 49.1 Å². The van der Waals surface area contributed by atoms with Gasteiger partial charge < -0.3 is 4.74 Å². The zero-order valence-corrected chi connectivity index (χ0v) is 12.7. The van der Waals surface area contributed by atoms with Gasteiger partial charge in [0, 0.05) is 10.6 Å². The molecule has 0 radical (unpaired) electrons. The lowest BCUT2D eigenvalue weighted by atomic mass is 9.80. The van der Waals surface area contributed by atoms with Gasteiger partial charge in [-0.1, -0.05) is 35.9 Å². The molecule has 0 fully saturated rings. The molecule has 22 heavy (non-hydrogen) atoms. The predicted molar refractivity (Wildman–Crippen MR) is 84.0 cm³/mol. The highest BCUT2D eigenvalue weighted by molar-refractivity contribution is 6.30. The Bertz CT molecular complexity index is 712. The summed E-state index contributed by atoms with van der Waals surface area (Å²) in [4.78, 5) is 24.1. The second kappa shape index (κ2) is 5.93. The predicted octanol–water partition coefficient (Wildman–Crippen LogP) is 3.93. The first-order valence-corrected chi connectivity index (χ1v) is 7.56. The van der Waals surface area contributed by atoms with E-state index in [0.717, 1.165) is 30.3 Å². The van der Waals surface area contributed by atoms with Gasteiger partial charge in [0.05, 0.1) is 5.56 Å². The van der Waals surface area contributed by atoms with E-state index in [1.54, 1.807) is 36.4 Å². The zero-order valence-electron chi connectivity index (χ0n) is 11.9. The summed E-state index contributed by atoms with van der Waals surface area (Å²) in [7, 11) is 0. The van der Waals surface area contributed by atoms with Crippen LogP contribution in [0.3, 0.4) is 0 Å². The Morgan fingerprint density at radius 2 is 1.95 bits per heavy atom. The molecule has 1 atom stereocenters. The van der Waals surface area contributed by atoms with Crippen LogP contribution in [-0.4, -0.2) is 12.3 Å². The summed E-state index contributed by atoms with van der Waals surface area (Å²) in [6.45, 7) is 0. The number of fused-ring (bicyclic) bond motifs is 1. The first-order chi connectivity index (χ1) is 10.6. The van der Waals surface area contributed by atoms with Gasteiger partial charge in [-0.2, -0.15) is 0 Å². The first kappa shape index (κ1) is 14.8. The summed E-state index contributed by atoms with van der Waals surface area (Å²) in [6, 6.07) is 14.0. The van der Waals surface area contributed by atoms with Gasteiger partial charge in [0.1, 0.15) is 0 Å². The Morgan fingerprint density at radius 1 is 1.18 bits per heavy atom. The Kier molecular flexibility index (Phi) is 3.99. The number of halogens is 1. The highest BCUT2D eigenvalue weighted by Crippen LogP contribution is 2.38. The molecule has 2 aromatic carbocycles. The van der Waals surface area contributed by atoms with Crippen molar-refractivity contribution in [1.29, 1.82) is 0 Å². The van der Waals surface area contributed by atoms with Crippen molar-refractivity contribution in [3.8, 4) is 0 Å². The molecule has 0 bridgehead atoms. The van der Waals surface area contributed by atoms with Crippen LogP contribution in [0.4, 0.5) is 0 Å². The molecule has 0 amide bonds. The summed E-state index contributed by atoms with van der Waals surface area (Å²) in [5.74, 6) is -0.490. The largest absolute Gasteiger partial charge is 0.443 e. The molecular weight excluding hydrogens is 300 g/mol. The van der Waals surface area contributed by atoms with Crippen molar-refractivity contribution < 1.29 is 14.3 Å². The van der Waals surface area contributed by atoms with E-state index in [0.29, 0.717) is 17.0 Å². The van der Waals surface area contributed by atoms with Crippen molar-refractivity contribution in [1.82, 2.24) is 0 Å². The topological polar surface area (TPSA) is 43.4 Å². The molecule has 1 unspecified atom stereocenters. The number of aldehydes is 1. The van der Waals surface area contributed by atoms with E-state index >= 15 is 0 Å². The number of rotatable bonds is 3. The lowest BCUT2D eigenvalue weighted by Crippen LogP contribution is -2.37. The summed E-state index contributed by atoms with van der Waals surface area (Å²) >= 11 is 6.02. The monoisotopic (exact) mass is 314 g/mol. The lowest BCUT2D eigenvalue weighted by Gasteiger charge is -2.34. The quantitative estimate of drug-likeness (QED) is 0.637. The number of esters is 1. The molecule has 0 heterocycles. The van der Waals surface area contributed by atoms with Gasteiger partial charge >= 0.3 is 5.97 Å². The van der Waals surface area contributed by atoms with Crippen molar-refractivity contribution in [2.75, 3.05) is 0 Å². The fraction of sp³-hybridized carbons (Fsp3) is 0.222. The molecule has 0 N–H and O–H groups in total. The van der Waals surface area contributed by atoms with E-state index in [1.165, 1.54) is 0 Å². The summed E-state index contributed by atoms with van der Waals surface area (Å²) in [5.41, 5.74) is 0.921. The van der Waals surface area contributed by atoms with Crippen LogP contribution < -0.4 is 0 Å². The van der Waals surface area contributed by atoms with Crippen LogP contribution in [0.1, 0.15) is 34.3 Å². The molecule has 0 saturated heterocycles. The van der Waals surface area contributed by atoms with Crippen LogP contribution in [0.2, 0.25) is 5.02 Å². The maximum Gasteiger partial charge on any atom is 0.339 e. The van der Waals surface area contributed by atoms with Crippen LogP contribution in [0, 0.1) is 0 Å². The van der Waals surface area contributed by atoms with E-state index in [1.807, 2.05) is 12.1 Å². The van der Waals surface area contributed by atoms with Crippen LogP contribution in [0.5, 0.6) is 0 Å². The first-order valence-electron chi connectivity index (χ1n) is 7.18. The van der Waals surface area contributed by atoms with Gasteiger partial charge in [-0.15, -0.1) is 0 Å². The fourth-order valence-corrected chi connectivity index (χ4v) is 3.10. The van der Waals surface area contributed by atoms with Crippen LogP contribution >= 0.6 is 11.6 Å². The van der Waals surface area contributed by atoms with Crippen LogP contribution in [0.15, 0.2) is 48.5 Å². The fourth-order valence-electron chi connectivity index (χ4n) is 2.91. The van der Waals surface area contributed by atoms with Crippen LogP contribution in [-0.2, 0) is 21.6 Å². The van der Waals surface area contributed by atoms with Gasteiger partial charge in [0.2, 0.25) is 0 Å². The molecule has 112 valence electrons. The minimum absolute atomic E-state index is 0.435. The standard InChI is InChI=1S/C18H15ClO3/c19-15-8-9-16-14(11-15)7-4-10-18(16,12-20)22-17(21)13-5-2-1-3-6-13/h1-3,5-6,8-9,11-12H,4,7,10H2. The Labute approximate surface area is 133 Å². The summed E-state index contributed by atoms with van der Waals surface area (Å²) in [6.07, 6.45) is 2.83. The second-order valence-corrected chi connectivity index (χ2v) is 5.85. The Balaban J connectivity index is 1.97. The minimum atomic E-state index is -1.22. The zero-order chi connectivity index (χ0) is 15.6. The van der Waals surface area contributed by atoms with Gasteiger partial charge in [0.25, 0.3) is 0 Å². The number of carbonyl (C=O) groups is 2. The number of carbonyl (C=O) groups excluding carboxylic acids is 2. The molecule has 1 aliphatic rings. The second-order valence-electron chi connectivity index (χ2n) is 5.42. The highest BCUT2D eigenvalue weighted by atomic mass is 35.5. The maximum atomic E-state index is 12.3. The number of ether oxygens (including phenoxy) is 1. The number of hydrogen-bond acceptors (Lipinski definition) is 3. The number of benzene rings is 2. The van der Waals surface area contributed by atoms with Crippen molar-refractivity contribution in [3.05, 3.63) is 70.2 Å². The van der Waals surface area contributed by atoms with Gasteiger partial charge in [-0.3, -0.25) is 4.79 Å². The van der Waals surface area contributed by atoms with Crippen LogP contribution in [0.25, 0.3) is 0 Å². The molecule has 3 nitrogen and oxygen atoms in total. The van der Waals surface area contributed by atoms with Gasteiger partial charge in [0.15, 0.2) is 11.9 Å². The smallest absolute Gasteiger partial charge is 0.339 e. The van der Waals surface area contributed by atoms with E-state index in [9.17, 15) is 9.59 Å². The average Bonchev–Trinajstić information content (AvgIpc) is 2.55. The molecule has 3 rings (SSSR count). The SMILES string of the molecule is O=CC1(OC(=O)c2ccccc2)CCCc2cc(Cl)ccc21. The molecule has 4 heteroatoms. The Morgan fingerprint density at radius 3 is 2.68 bits per heavy atom. The summed E-state index contributed by atoms with van der Waals surface area (Å²) < 4.78 is 5.63. The van der Waals surface area contributed by atoms with Crippen molar-refractivity contribution >= 4 is 23.9 Å². The molecule has 1 aliphatic carbocycles. The molecule has 0 spiro atoms. The summed E-state index contributed by atoms with van der Waals surface area (Å²) in [5, 5.41) is 0.620. The molecule has 0 aromatic heterocycles. The van der Waals surface area contributed by atoms with Crippen molar-refractivity contribution in [2.24, 2.45) is 0 Å². The number of hydrogen-bond donors (Lipinski definition) is 0. The normalized spacial score (nSPS) is 20.0. The lowest BCUT2D eigenvalue weighted by molar-refractivity contribution is -0.127. The van der Waals surface area contributed by atoms with Crippen molar-refractivity contribution in [3.63, 3.8) is 0 Å². The van der Waals surface area contributed by atoms with Crippen molar-refractivity contribution in [2.45, 2.75) is 24.9 Å². The third-order valence-electron chi connectivity index (χ3n) is 3.99. The maximum absolute atomic E-state index is 12.3. The molecular formula is C18H15ClO3. The van der Waals surface area contributed by atoms with Gasteiger partial charge in [-0.25, -0.2) is 4.79 Å². The molecule has 0 saturated carbocycles. The minimum Gasteiger partial charge on any atom is -0.443 e. The van der Waals surface area contributed by atoms with E-state index in [2.05, 4.69) is 0 Å². The van der Waals surface area contributed by atoms with E-state index in [-0.39, 0.29) is 0 Å².